The summed E-state index contributed by atoms with van der Waals surface area (Å²) >= 11 is 5.70. The summed E-state index contributed by atoms with van der Waals surface area (Å²) in [5, 5.41) is -0.271. The average Bonchev–Trinajstić information content (AvgIpc) is 2.69. The van der Waals surface area contributed by atoms with Crippen LogP contribution in [0.2, 0.25) is 5.02 Å². The Morgan fingerprint density at radius 3 is 2.31 bits per heavy atom. The van der Waals surface area contributed by atoms with E-state index in [9.17, 15) is 26.0 Å². The molecule has 0 bridgehead atoms. The standard InChI is InChI=1S/C17H23ClFN3O5S2/c1-28(24,25)22-6-2-3-13(12-22)17(23)20-7-9-21(10-8-20)29(26,27)14-4-5-16(19)15(18)11-14/h4-5,11,13H,2-3,6-10,12H2,1H3. The van der Waals surface area contributed by atoms with Gasteiger partial charge in [-0.05, 0) is 31.0 Å². The molecule has 0 radical (unpaired) electrons. The Labute approximate surface area is 175 Å². The van der Waals surface area contributed by atoms with Crippen molar-refractivity contribution in [2.45, 2.75) is 17.7 Å². The van der Waals surface area contributed by atoms with Crippen LogP contribution >= 0.6 is 11.6 Å². The lowest BCUT2D eigenvalue weighted by atomic mass is 9.98. The van der Waals surface area contributed by atoms with E-state index in [1.54, 1.807) is 4.90 Å². The number of sulfonamides is 2. The van der Waals surface area contributed by atoms with E-state index in [0.29, 0.717) is 19.4 Å². The van der Waals surface area contributed by atoms with Crippen LogP contribution in [0.3, 0.4) is 0 Å². The highest BCUT2D eigenvalue weighted by Gasteiger charge is 2.35. The molecule has 0 aromatic heterocycles. The van der Waals surface area contributed by atoms with Crippen LogP contribution in [0.5, 0.6) is 0 Å². The van der Waals surface area contributed by atoms with E-state index in [4.69, 9.17) is 11.6 Å². The number of nitrogens with zero attached hydrogens (tertiary/aromatic N) is 3. The van der Waals surface area contributed by atoms with Crippen LogP contribution in [0.1, 0.15) is 12.8 Å². The van der Waals surface area contributed by atoms with Gasteiger partial charge in [-0.2, -0.15) is 4.31 Å². The number of carbonyl (C=O) groups is 1. The SMILES string of the molecule is CS(=O)(=O)N1CCCC(C(=O)N2CCN(S(=O)(=O)c3ccc(F)c(Cl)c3)CC2)C1. The van der Waals surface area contributed by atoms with Gasteiger partial charge < -0.3 is 4.90 Å². The van der Waals surface area contributed by atoms with Crippen molar-refractivity contribution in [3.8, 4) is 0 Å². The maximum atomic E-state index is 13.3. The molecule has 1 aromatic rings. The summed E-state index contributed by atoms with van der Waals surface area (Å²) in [5.41, 5.74) is 0. The molecule has 2 aliphatic heterocycles. The van der Waals surface area contributed by atoms with Crippen LogP contribution in [-0.4, -0.2) is 81.8 Å². The zero-order chi connectivity index (χ0) is 21.4. The molecule has 8 nitrogen and oxygen atoms in total. The molecule has 0 saturated carbocycles. The molecule has 162 valence electrons. The Balaban J connectivity index is 1.64. The second kappa shape index (κ2) is 8.46. The molecular weight excluding hydrogens is 445 g/mol. The summed E-state index contributed by atoms with van der Waals surface area (Å²) in [6.07, 6.45) is 2.35. The first-order valence-corrected chi connectivity index (χ1v) is 12.9. The first kappa shape index (κ1) is 22.4. The lowest BCUT2D eigenvalue weighted by molar-refractivity contribution is -0.137. The Morgan fingerprint density at radius 1 is 1.07 bits per heavy atom. The van der Waals surface area contributed by atoms with Crippen molar-refractivity contribution in [3.05, 3.63) is 29.0 Å². The minimum Gasteiger partial charge on any atom is -0.340 e. The number of carbonyl (C=O) groups excluding carboxylic acids is 1. The highest BCUT2D eigenvalue weighted by molar-refractivity contribution is 7.89. The highest BCUT2D eigenvalue weighted by atomic mass is 35.5. The molecule has 1 aromatic carbocycles. The summed E-state index contributed by atoms with van der Waals surface area (Å²) in [6, 6.07) is 3.24. The van der Waals surface area contributed by atoms with E-state index in [1.165, 1.54) is 8.61 Å². The van der Waals surface area contributed by atoms with Gasteiger partial charge in [-0.3, -0.25) is 4.79 Å². The molecule has 12 heteroatoms. The quantitative estimate of drug-likeness (QED) is 0.658. The molecule has 0 N–H and O–H groups in total. The third-order valence-electron chi connectivity index (χ3n) is 5.28. The van der Waals surface area contributed by atoms with Gasteiger partial charge in [0.25, 0.3) is 0 Å². The molecule has 29 heavy (non-hydrogen) atoms. The van der Waals surface area contributed by atoms with E-state index >= 15 is 0 Å². The maximum Gasteiger partial charge on any atom is 0.243 e. The second-order valence-corrected chi connectivity index (χ2v) is 11.6. The van der Waals surface area contributed by atoms with Crippen molar-refractivity contribution in [1.29, 1.82) is 0 Å². The van der Waals surface area contributed by atoms with E-state index in [0.717, 1.165) is 24.5 Å². The fourth-order valence-electron chi connectivity index (χ4n) is 3.64. The molecule has 1 atom stereocenters. The number of rotatable bonds is 4. The summed E-state index contributed by atoms with van der Waals surface area (Å²) in [7, 11) is -7.20. The van der Waals surface area contributed by atoms with Gasteiger partial charge in [-0.15, -0.1) is 0 Å². The van der Waals surface area contributed by atoms with Crippen LogP contribution in [0, 0.1) is 11.7 Å². The van der Waals surface area contributed by atoms with E-state index in [2.05, 4.69) is 0 Å². The topological polar surface area (TPSA) is 95.1 Å². The number of piperazine rings is 1. The first-order chi connectivity index (χ1) is 13.5. The predicted octanol–water partition coefficient (Wildman–Crippen LogP) is 0.984. The second-order valence-electron chi connectivity index (χ2n) is 7.27. The summed E-state index contributed by atoms with van der Waals surface area (Å²) in [5.74, 6) is -1.27. The van der Waals surface area contributed by atoms with Gasteiger partial charge in [0.2, 0.25) is 26.0 Å². The van der Waals surface area contributed by atoms with E-state index < -0.39 is 31.8 Å². The monoisotopic (exact) mass is 467 g/mol. The van der Waals surface area contributed by atoms with Gasteiger partial charge in [-0.25, -0.2) is 25.5 Å². The number of halogens is 2. The Kier molecular flexibility index (Phi) is 6.54. The van der Waals surface area contributed by atoms with Crippen LogP contribution in [0.25, 0.3) is 0 Å². The molecule has 1 unspecified atom stereocenters. The average molecular weight is 468 g/mol. The summed E-state index contributed by atoms with van der Waals surface area (Å²) in [4.78, 5) is 14.3. The van der Waals surface area contributed by atoms with E-state index in [1.807, 2.05) is 0 Å². The van der Waals surface area contributed by atoms with Gasteiger partial charge in [0.15, 0.2) is 0 Å². The normalized spacial score (nSPS) is 22.6. The van der Waals surface area contributed by atoms with Gasteiger partial charge >= 0.3 is 0 Å². The molecule has 2 aliphatic rings. The van der Waals surface area contributed by atoms with Crippen molar-refractivity contribution < 1.29 is 26.0 Å². The third kappa shape index (κ3) is 4.91. The van der Waals surface area contributed by atoms with Gasteiger partial charge in [-0.1, -0.05) is 11.6 Å². The molecule has 2 fully saturated rings. The zero-order valence-corrected chi connectivity index (χ0v) is 18.3. The maximum absolute atomic E-state index is 13.3. The van der Waals surface area contributed by atoms with Gasteiger partial charge in [0.1, 0.15) is 5.82 Å². The number of piperidine rings is 1. The fourth-order valence-corrected chi connectivity index (χ4v) is 6.24. The molecule has 2 heterocycles. The largest absolute Gasteiger partial charge is 0.340 e. The smallest absolute Gasteiger partial charge is 0.243 e. The minimum atomic E-state index is -3.85. The molecule has 0 spiro atoms. The number of hydrogen-bond donors (Lipinski definition) is 0. The van der Waals surface area contributed by atoms with Crippen molar-refractivity contribution in [2.24, 2.45) is 5.92 Å². The zero-order valence-electron chi connectivity index (χ0n) is 15.9. The number of hydrogen-bond acceptors (Lipinski definition) is 5. The molecule has 1 amide bonds. The Hall–Kier alpha value is -1.27. The number of benzene rings is 1. The fraction of sp³-hybridized carbons (Fsp3) is 0.588. The van der Waals surface area contributed by atoms with Crippen LogP contribution in [0.15, 0.2) is 23.1 Å². The van der Waals surface area contributed by atoms with Crippen molar-refractivity contribution in [2.75, 3.05) is 45.5 Å². The molecule has 2 saturated heterocycles. The molecule has 0 aliphatic carbocycles. The highest BCUT2D eigenvalue weighted by Crippen LogP contribution is 2.25. The third-order valence-corrected chi connectivity index (χ3v) is 8.74. The van der Waals surface area contributed by atoms with Crippen LogP contribution in [0.4, 0.5) is 4.39 Å². The van der Waals surface area contributed by atoms with Crippen LogP contribution in [-0.2, 0) is 24.8 Å². The molecular formula is C17H23ClFN3O5S2. The van der Waals surface area contributed by atoms with Gasteiger partial charge in [0, 0.05) is 39.3 Å². The summed E-state index contributed by atoms with van der Waals surface area (Å²) < 4.78 is 64.9. The predicted molar refractivity (Wildman–Crippen MR) is 106 cm³/mol. The first-order valence-electron chi connectivity index (χ1n) is 9.19. The van der Waals surface area contributed by atoms with E-state index in [-0.39, 0.29) is 48.5 Å². The van der Waals surface area contributed by atoms with Gasteiger partial charge in [0.05, 0.1) is 22.1 Å². The minimum absolute atomic E-state index is 0.0975. The Morgan fingerprint density at radius 2 is 1.72 bits per heavy atom. The lowest BCUT2D eigenvalue weighted by Crippen LogP contribution is -2.53. The van der Waals surface area contributed by atoms with Crippen molar-refractivity contribution in [3.63, 3.8) is 0 Å². The lowest BCUT2D eigenvalue weighted by Gasteiger charge is -2.38. The summed E-state index contributed by atoms with van der Waals surface area (Å²) in [6.45, 7) is 1.20. The van der Waals surface area contributed by atoms with Crippen molar-refractivity contribution in [1.82, 2.24) is 13.5 Å². The van der Waals surface area contributed by atoms with Crippen LogP contribution < -0.4 is 0 Å². The van der Waals surface area contributed by atoms with Crippen molar-refractivity contribution >= 4 is 37.6 Å². The molecule has 3 rings (SSSR count). The number of amides is 1. The Bertz CT molecular complexity index is 994.